The van der Waals surface area contributed by atoms with Crippen LogP contribution in [0.4, 0.5) is 0 Å². The molecule has 0 spiro atoms. The monoisotopic (exact) mass is 305 g/mol. The average molecular weight is 305 g/mol. The third kappa shape index (κ3) is 5.68. The Labute approximate surface area is 135 Å². The smallest absolute Gasteiger partial charge is 0.191 e. The largest absolute Gasteiger partial charge is 0.388 e. The van der Waals surface area contributed by atoms with E-state index in [0.717, 1.165) is 25.3 Å². The summed E-state index contributed by atoms with van der Waals surface area (Å²) in [5, 5.41) is 16.8. The Morgan fingerprint density at radius 3 is 2.36 bits per heavy atom. The summed E-state index contributed by atoms with van der Waals surface area (Å²) in [4.78, 5) is 4.63. The fourth-order valence-electron chi connectivity index (χ4n) is 2.28. The van der Waals surface area contributed by atoms with Gasteiger partial charge in [-0.05, 0) is 44.7 Å². The molecule has 0 aliphatic rings. The van der Waals surface area contributed by atoms with E-state index in [1.54, 1.807) is 0 Å². The lowest BCUT2D eigenvalue weighted by molar-refractivity contribution is 0.0367. The Morgan fingerprint density at radius 2 is 1.82 bits per heavy atom. The van der Waals surface area contributed by atoms with E-state index in [-0.39, 0.29) is 0 Å². The Hall–Kier alpha value is -1.55. The summed E-state index contributed by atoms with van der Waals surface area (Å²) in [6.45, 7) is 12.2. The van der Waals surface area contributed by atoms with Crippen molar-refractivity contribution >= 4 is 5.96 Å². The molecular formula is C18H31N3O. The number of nitrogens with one attached hydrogen (secondary N) is 2. The van der Waals surface area contributed by atoms with Gasteiger partial charge in [0.15, 0.2) is 5.96 Å². The number of hydrogen-bond donors (Lipinski definition) is 3. The molecule has 0 atom stereocenters. The molecule has 0 saturated heterocycles. The molecule has 0 fully saturated rings. The Balaban J connectivity index is 2.73. The fraction of sp³-hybridized carbons (Fsp3) is 0.611. The van der Waals surface area contributed by atoms with E-state index in [1.807, 2.05) is 20.8 Å². The van der Waals surface area contributed by atoms with Gasteiger partial charge in [0, 0.05) is 13.1 Å². The summed E-state index contributed by atoms with van der Waals surface area (Å²) < 4.78 is 0. The normalized spacial score (nSPS) is 12.4. The number of aliphatic hydroxyl groups is 1. The second-order valence-electron chi connectivity index (χ2n) is 5.91. The topological polar surface area (TPSA) is 56.7 Å². The first-order valence-electron chi connectivity index (χ1n) is 8.24. The molecule has 0 unspecified atom stereocenters. The van der Waals surface area contributed by atoms with Gasteiger partial charge in [-0.25, -0.2) is 4.99 Å². The predicted octanol–water partition coefficient (Wildman–Crippen LogP) is 2.91. The van der Waals surface area contributed by atoms with Crippen molar-refractivity contribution < 1.29 is 5.11 Å². The maximum atomic E-state index is 10.4. The van der Waals surface area contributed by atoms with Gasteiger partial charge in [-0.1, -0.05) is 37.6 Å². The van der Waals surface area contributed by atoms with E-state index in [4.69, 9.17) is 0 Å². The second kappa shape index (κ2) is 8.79. The number of hydrogen-bond acceptors (Lipinski definition) is 2. The zero-order valence-corrected chi connectivity index (χ0v) is 14.7. The third-order valence-electron chi connectivity index (χ3n) is 4.15. The van der Waals surface area contributed by atoms with Gasteiger partial charge in [0.05, 0.1) is 12.1 Å². The van der Waals surface area contributed by atoms with Crippen LogP contribution in [0, 0.1) is 13.8 Å². The average Bonchev–Trinajstić information content (AvgIpc) is 2.51. The van der Waals surface area contributed by atoms with Crippen molar-refractivity contribution in [2.75, 3.05) is 13.1 Å². The SMILES string of the molecule is CCNC(=NCc1ccc(C)cc1C)NCC(O)(CC)CC. The molecule has 4 nitrogen and oxygen atoms in total. The second-order valence-corrected chi connectivity index (χ2v) is 5.91. The molecular weight excluding hydrogens is 274 g/mol. The highest BCUT2D eigenvalue weighted by Gasteiger charge is 2.22. The minimum atomic E-state index is -0.671. The summed E-state index contributed by atoms with van der Waals surface area (Å²) in [6, 6.07) is 6.43. The molecule has 22 heavy (non-hydrogen) atoms. The van der Waals surface area contributed by atoms with E-state index in [2.05, 4.69) is 47.7 Å². The summed E-state index contributed by atoms with van der Waals surface area (Å²) in [5.41, 5.74) is 3.09. The van der Waals surface area contributed by atoms with E-state index in [9.17, 15) is 5.11 Å². The zero-order chi connectivity index (χ0) is 16.6. The number of benzene rings is 1. The van der Waals surface area contributed by atoms with Crippen LogP contribution in [0.25, 0.3) is 0 Å². The van der Waals surface area contributed by atoms with Crippen LogP contribution in [0.2, 0.25) is 0 Å². The quantitative estimate of drug-likeness (QED) is 0.536. The summed E-state index contributed by atoms with van der Waals surface area (Å²) >= 11 is 0. The van der Waals surface area contributed by atoms with Crippen LogP contribution in [-0.4, -0.2) is 29.8 Å². The maximum absolute atomic E-state index is 10.4. The van der Waals surface area contributed by atoms with Crippen molar-refractivity contribution in [1.29, 1.82) is 0 Å². The molecule has 124 valence electrons. The minimum Gasteiger partial charge on any atom is -0.388 e. The summed E-state index contributed by atoms with van der Waals surface area (Å²) in [5.74, 6) is 0.753. The van der Waals surface area contributed by atoms with Crippen LogP contribution in [0.1, 0.15) is 50.3 Å². The molecule has 3 N–H and O–H groups in total. The number of aliphatic imine (C=N–C) groups is 1. The summed E-state index contributed by atoms with van der Waals surface area (Å²) in [6.07, 6.45) is 1.46. The number of guanidine groups is 1. The van der Waals surface area contributed by atoms with Crippen LogP contribution < -0.4 is 10.6 Å². The molecule has 0 saturated carbocycles. The zero-order valence-electron chi connectivity index (χ0n) is 14.7. The van der Waals surface area contributed by atoms with Crippen molar-refractivity contribution in [2.24, 2.45) is 4.99 Å². The van der Waals surface area contributed by atoms with Crippen LogP contribution in [0.5, 0.6) is 0 Å². The van der Waals surface area contributed by atoms with E-state index in [0.29, 0.717) is 13.1 Å². The fourth-order valence-corrected chi connectivity index (χ4v) is 2.28. The van der Waals surface area contributed by atoms with Gasteiger partial charge in [-0.2, -0.15) is 0 Å². The molecule has 1 aromatic rings. The lowest BCUT2D eigenvalue weighted by Gasteiger charge is -2.26. The highest BCUT2D eigenvalue weighted by molar-refractivity contribution is 5.79. The molecule has 1 rings (SSSR count). The van der Waals surface area contributed by atoms with Gasteiger partial charge >= 0.3 is 0 Å². The van der Waals surface area contributed by atoms with Crippen molar-refractivity contribution in [3.8, 4) is 0 Å². The number of nitrogens with zero attached hydrogens (tertiary/aromatic N) is 1. The van der Waals surface area contributed by atoms with Crippen LogP contribution >= 0.6 is 0 Å². The predicted molar refractivity (Wildman–Crippen MR) is 94.3 cm³/mol. The first-order chi connectivity index (χ1) is 10.4. The number of aryl methyl sites for hydroxylation is 2. The highest BCUT2D eigenvalue weighted by atomic mass is 16.3. The molecule has 0 aliphatic heterocycles. The van der Waals surface area contributed by atoms with Crippen molar-refractivity contribution in [2.45, 2.75) is 59.6 Å². The van der Waals surface area contributed by atoms with Gasteiger partial charge < -0.3 is 15.7 Å². The molecule has 0 heterocycles. The Kier molecular flexibility index (Phi) is 7.39. The van der Waals surface area contributed by atoms with Gasteiger partial charge in [0.25, 0.3) is 0 Å². The highest BCUT2D eigenvalue weighted by Crippen LogP contribution is 2.13. The molecule has 0 radical (unpaired) electrons. The number of rotatable bonds is 7. The molecule has 0 amide bonds. The van der Waals surface area contributed by atoms with E-state index >= 15 is 0 Å². The molecule has 0 bridgehead atoms. The van der Waals surface area contributed by atoms with Gasteiger partial charge in [-0.3, -0.25) is 0 Å². The molecule has 0 aliphatic carbocycles. The van der Waals surface area contributed by atoms with Gasteiger partial charge in [-0.15, -0.1) is 0 Å². The van der Waals surface area contributed by atoms with Crippen molar-refractivity contribution in [3.63, 3.8) is 0 Å². The Morgan fingerprint density at radius 1 is 1.14 bits per heavy atom. The minimum absolute atomic E-state index is 0.513. The van der Waals surface area contributed by atoms with E-state index in [1.165, 1.54) is 16.7 Å². The maximum Gasteiger partial charge on any atom is 0.191 e. The van der Waals surface area contributed by atoms with Crippen molar-refractivity contribution in [1.82, 2.24) is 10.6 Å². The molecule has 0 aromatic heterocycles. The lowest BCUT2D eigenvalue weighted by atomic mass is 9.98. The van der Waals surface area contributed by atoms with Crippen LogP contribution in [0.15, 0.2) is 23.2 Å². The lowest BCUT2D eigenvalue weighted by Crippen LogP contribution is -2.46. The van der Waals surface area contributed by atoms with E-state index < -0.39 is 5.60 Å². The van der Waals surface area contributed by atoms with Gasteiger partial charge in [0.2, 0.25) is 0 Å². The summed E-state index contributed by atoms with van der Waals surface area (Å²) in [7, 11) is 0. The van der Waals surface area contributed by atoms with Gasteiger partial charge in [0.1, 0.15) is 0 Å². The molecule has 4 heteroatoms. The Bertz CT molecular complexity index is 493. The van der Waals surface area contributed by atoms with Crippen molar-refractivity contribution in [3.05, 3.63) is 34.9 Å². The first kappa shape index (κ1) is 18.5. The van der Waals surface area contributed by atoms with Crippen LogP contribution in [0.3, 0.4) is 0 Å². The first-order valence-corrected chi connectivity index (χ1v) is 8.24. The standard InChI is InChI=1S/C18H31N3O/c1-6-18(22,7-2)13-21-17(19-8-3)20-12-16-10-9-14(4)11-15(16)5/h9-11,22H,6-8,12-13H2,1-5H3,(H2,19,20,21). The van der Waals surface area contributed by atoms with Crippen LogP contribution in [-0.2, 0) is 6.54 Å². The molecule has 1 aromatic carbocycles. The third-order valence-corrected chi connectivity index (χ3v) is 4.15.